The Hall–Kier alpha value is -1.84. The fourth-order valence-electron chi connectivity index (χ4n) is 3.19. The molecule has 0 nitrogen and oxygen atoms in total. The minimum absolute atomic E-state index is 0.00379. The highest BCUT2D eigenvalue weighted by molar-refractivity contribution is 5.65. The molecule has 2 aromatic carbocycles. The van der Waals surface area contributed by atoms with E-state index < -0.39 is 23.3 Å². The molecule has 0 unspecified atom stereocenters. The molecular formula is C18H16F4. The molecule has 0 bridgehead atoms. The summed E-state index contributed by atoms with van der Waals surface area (Å²) in [5.74, 6) is -3.44. The van der Waals surface area contributed by atoms with Crippen LogP contribution in [0, 0.1) is 23.3 Å². The number of hydrogen-bond acceptors (Lipinski definition) is 0. The van der Waals surface area contributed by atoms with Crippen LogP contribution < -0.4 is 0 Å². The van der Waals surface area contributed by atoms with Crippen LogP contribution in [-0.4, -0.2) is 0 Å². The summed E-state index contributed by atoms with van der Waals surface area (Å²) in [6, 6.07) is 5.53. The van der Waals surface area contributed by atoms with Crippen LogP contribution in [-0.2, 0) is 0 Å². The molecule has 0 heterocycles. The maximum absolute atomic E-state index is 14.3. The van der Waals surface area contributed by atoms with E-state index in [0.717, 1.165) is 44.2 Å². The van der Waals surface area contributed by atoms with E-state index in [-0.39, 0.29) is 17.0 Å². The molecule has 0 N–H and O–H groups in total. The van der Waals surface area contributed by atoms with E-state index in [1.54, 1.807) is 0 Å². The van der Waals surface area contributed by atoms with Crippen LogP contribution in [0.4, 0.5) is 17.6 Å². The van der Waals surface area contributed by atoms with Crippen molar-refractivity contribution in [3.8, 4) is 11.1 Å². The standard InChI is InChI=1S/C18H16F4/c19-14-7-6-12(8-15(14)20)18-16(21)9-13(10-17(18)22)11-4-2-1-3-5-11/h6-11H,1-5H2. The third kappa shape index (κ3) is 2.87. The van der Waals surface area contributed by atoms with E-state index in [1.807, 2.05) is 0 Å². The first-order chi connectivity index (χ1) is 10.6. The predicted octanol–water partition coefficient (Wildman–Crippen LogP) is 5.96. The third-order valence-electron chi connectivity index (χ3n) is 4.35. The van der Waals surface area contributed by atoms with Crippen molar-refractivity contribution in [3.05, 3.63) is 59.2 Å². The highest BCUT2D eigenvalue weighted by Gasteiger charge is 2.20. The maximum Gasteiger partial charge on any atom is 0.159 e. The van der Waals surface area contributed by atoms with Crippen LogP contribution >= 0.6 is 0 Å². The van der Waals surface area contributed by atoms with Crippen LogP contribution in [0.25, 0.3) is 11.1 Å². The summed E-state index contributed by atoms with van der Waals surface area (Å²) in [5, 5.41) is 0. The second-order valence-corrected chi connectivity index (χ2v) is 5.82. The first-order valence-corrected chi connectivity index (χ1v) is 7.50. The number of rotatable bonds is 2. The molecule has 1 aliphatic carbocycles. The molecule has 3 rings (SSSR count). The van der Waals surface area contributed by atoms with Crippen molar-refractivity contribution in [1.82, 2.24) is 0 Å². The first kappa shape index (κ1) is 15.1. The molecule has 1 aliphatic rings. The van der Waals surface area contributed by atoms with E-state index in [1.165, 1.54) is 18.2 Å². The average Bonchev–Trinajstić information content (AvgIpc) is 2.51. The average molecular weight is 308 g/mol. The summed E-state index contributed by atoms with van der Waals surface area (Å²) in [5.41, 5.74) is 0.351. The fourth-order valence-corrected chi connectivity index (χ4v) is 3.19. The van der Waals surface area contributed by atoms with Gasteiger partial charge in [-0.3, -0.25) is 0 Å². The molecule has 116 valence electrons. The van der Waals surface area contributed by atoms with Gasteiger partial charge in [0.15, 0.2) is 11.6 Å². The highest BCUT2D eigenvalue weighted by Crippen LogP contribution is 2.36. The van der Waals surface area contributed by atoms with Gasteiger partial charge in [0.25, 0.3) is 0 Å². The molecule has 0 aromatic heterocycles. The van der Waals surface area contributed by atoms with Gasteiger partial charge in [-0.25, -0.2) is 17.6 Å². The SMILES string of the molecule is Fc1ccc(-c2c(F)cc(C3CCCCC3)cc2F)cc1F. The fraction of sp³-hybridized carbons (Fsp3) is 0.333. The molecule has 0 spiro atoms. The van der Waals surface area contributed by atoms with Crippen LogP contribution in [0.1, 0.15) is 43.6 Å². The van der Waals surface area contributed by atoms with Gasteiger partial charge in [0.05, 0.1) is 5.56 Å². The Morgan fingerprint density at radius 3 is 1.91 bits per heavy atom. The Balaban J connectivity index is 2.00. The van der Waals surface area contributed by atoms with Crippen LogP contribution in [0.5, 0.6) is 0 Å². The smallest absolute Gasteiger partial charge is 0.159 e. The van der Waals surface area contributed by atoms with Crippen molar-refractivity contribution in [2.75, 3.05) is 0 Å². The zero-order valence-corrected chi connectivity index (χ0v) is 12.0. The normalized spacial score (nSPS) is 16.0. The molecule has 22 heavy (non-hydrogen) atoms. The topological polar surface area (TPSA) is 0 Å². The second-order valence-electron chi connectivity index (χ2n) is 5.82. The minimum Gasteiger partial charge on any atom is -0.206 e. The molecule has 0 saturated heterocycles. The largest absolute Gasteiger partial charge is 0.206 e. The van der Waals surface area contributed by atoms with E-state index in [4.69, 9.17) is 0 Å². The number of halogens is 4. The Kier molecular flexibility index (Phi) is 4.19. The lowest BCUT2D eigenvalue weighted by Crippen LogP contribution is -2.06. The zero-order chi connectivity index (χ0) is 15.7. The number of benzene rings is 2. The van der Waals surface area contributed by atoms with Crippen molar-refractivity contribution < 1.29 is 17.6 Å². The summed E-state index contributed by atoms with van der Waals surface area (Å²) >= 11 is 0. The lowest BCUT2D eigenvalue weighted by atomic mass is 9.83. The quantitative estimate of drug-likeness (QED) is 0.601. The first-order valence-electron chi connectivity index (χ1n) is 7.50. The van der Waals surface area contributed by atoms with Crippen LogP contribution in [0.2, 0.25) is 0 Å². The van der Waals surface area contributed by atoms with Gasteiger partial charge in [-0.2, -0.15) is 0 Å². The van der Waals surface area contributed by atoms with Crippen molar-refractivity contribution in [1.29, 1.82) is 0 Å². The summed E-state index contributed by atoms with van der Waals surface area (Å²) in [7, 11) is 0. The van der Waals surface area contributed by atoms with Gasteiger partial charge < -0.3 is 0 Å². The van der Waals surface area contributed by atoms with E-state index >= 15 is 0 Å². The summed E-state index contributed by atoms with van der Waals surface area (Å²) < 4.78 is 54.9. The Morgan fingerprint density at radius 2 is 1.32 bits per heavy atom. The summed E-state index contributed by atoms with van der Waals surface area (Å²) in [4.78, 5) is 0. The molecule has 2 aromatic rings. The van der Waals surface area contributed by atoms with Crippen molar-refractivity contribution in [2.24, 2.45) is 0 Å². The molecule has 0 atom stereocenters. The van der Waals surface area contributed by atoms with E-state index in [9.17, 15) is 17.6 Å². The minimum atomic E-state index is -1.12. The van der Waals surface area contributed by atoms with E-state index in [0.29, 0.717) is 5.56 Å². The second kappa shape index (κ2) is 6.11. The molecule has 0 aliphatic heterocycles. The van der Waals surface area contributed by atoms with Crippen molar-refractivity contribution in [3.63, 3.8) is 0 Å². The third-order valence-corrected chi connectivity index (χ3v) is 4.35. The molecule has 1 saturated carbocycles. The highest BCUT2D eigenvalue weighted by atomic mass is 19.2. The Bertz CT molecular complexity index is 664. The lowest BCUT2D eigenvalue weighted by Gasteiger charge is -2.22. The van der Waals surface area contributed by atoms with Gasteiger partial charge in [0.1, 0.15) is 11.6 Å². The maximum atomic E-state index is 14.3. The Labute approximate surface area is 126 Å². The van der Waals surface area contributed by atoms with Crippen molar-refractivity contribution in [2.45, 2.75) is 38.0 Å². The van der Waals surface area contributed by atoms with Gasteiger partial charge >= 0.3 is 0 Å². The van der Waals surface area contributed by atoms with Gasteiger partial charge in [0, 0.05) is 0 Å². The van der Waals surface area contributed by atoms with Crippen molar-refractivity contribution >= 4 is 0 Å². The summed E-state index contributed by atoms with van der Waals surface area (Å²) in [6.07, 6.45) is 5.17. The van der Waals surface area contributed by atoms with Gasteiger partial charge in [0.2, 0.25) is 0 Å². The number of hydrogen-bond donors (Lipinski definition) is 0. The van der Waals surface area contributed by atoms with E-state index in [2.05, 4.69) is 0 Å². The molecule has 0 radical (unpaired) electrons. The molecule has 1 fully saturated rings. The van der Waals surface area contributed by atoms with Gasteiger partial charge in [-0.1, -0.05) is 25.3 Å². The van der Waals surface area contributed by atoms with Gasteiger partial charge in [-0.05, 0) is 54.2 Å². The van der Waals surface area contributed by atoms with Gasteiger partial charge in [-0.15, -0.1) is 0 Å². The molecular weight excluding hydrogens is 292 g/mol. The Morgan fingerprint density at radius 1 is 0.682 bits per heavy atom. The molecule has 0 amide bonds. The predicted molar refractivity (Wildman–Crippen MR) is 77.5 cm³/mol. The van der Waals surface area contributed by atoms with Crippen LogP contribution in [0.15, 0.2) is 30.3 Å². The monoisotopic (exact) mass is 308 g/mol. The zero-order valence-electron chi connectivity index (χ0n) is 12.0. The lowest BCUT2D eigenvalue weighted by molar-refractivity contribution is 0.440. The van der Waals surface area contributed by atoms with Crippen LogP contribution in [0.3, 0.4) is 0 Å². The summed E-state index contributed by atoms with van der Waals surface area (Å²) in [6.45, 7) is 0. The molecule has 4 heteroatoms.